The SMILES string of the molecule is O=S(O)Cc1ccc(-c2c(-c3ccccc3)noc2C(F)F)cc1. The summed E-state index contributed by atoms with van der Waals surface area (Å²) in [6.45, 7) is 0. The Bertz CT molecular complexity index is 848. The summed E-state index contributed by atoms with van der Waals surface area (Å²) in [6.07, 6.45) is -2.80. The zero-order valence-corrected chi connectivity index (χ0v) is 13.2. The van der Waals surface area contributed by atoms with Crippen molar-refractivity contribution in [1.82, 2.24) is 5.16 Å². The second-order valence-electron chi connectivity index (χ2n) is 5.10. The highest BCUT2D eigenvalue weighted by Gasteiger charge is 2.25. The van der Waals surface area contributed by atoms with Crippen molar-refractivity contribution in [2.75, 3.05) is 0 Å². The third kappa shape index (κ3) is 3.42. The summed E-state index contributed by atoms with van der Waals surface area (Å²) in [7, 11) is 0. The molecule has 124 valence electrons. The minimum absolute atomic E-state index is 0.0167. The van der Waals surface area contributed by atoms with Crippen molar-refractivity contribution in [1.29, 1.82) is 0 Å². The Morgan fingerprint density at radius 3 is 2.29 bits per heavy atom. The van der Waals surface area contributed by atoms with E-state index >= 15 is 0 Å². The Morgan fingerprint density at radius 2 is 1.71 bits per heavy atom. The van der Waals surface area contributed by atoms with E-state index in [-0.39, 0.29) is 11.3 Å². The topological polar surface area (TPSA) is 63.3 Å². The average molecular weight is 349 g/mol. The van der Waals surface area contributed by atoms with E-state index < -0.39 is 23.3 Å². The summed E-state index contributed by atoms with van der Waals surface area (Å²) < 4.78 is 51.2. The molecule has 7 heteroatoms. The summed E-state index contributed by atoms with van der Waals surface area (Å²) in [5, 5.41) is 3.81. The second kappa shape index (κ2) is 7.02. The molecule has 0 aliphatic carbocycles. The number of benzene rings is 2. The van der Waals surface area contributed by atoms with Gasteiger partial charge in [0.05, 0.1) is 11.3 Å². The second-order valence-corrected chi connectivity index (χ2v) is 6.03. The molecule has 0 radical (unpaired) electrons. The third-order valence-corrected chi connectivity index (χ3v) is 4.08. The van der Waals surface area contributed by atoms with Gasteiger partial charge in [0.15, 0.2) is 11.1 Å². The summed E-state index contributed by atoms with van der Waals surface area (Å²) in [5.41, 5.74) is 2.38. The van der Waals surface area contributed by atoms with Gasteiger partial charge in [-0.1, -0.05) is 59.8 Å². The summed E-state index contributed by atoms with van der Waals surface area (Å²) in [6, 6.07) is 15.4. The molecule has 0 spiro atoms. The monoisotopic (exact) mass is 349 g/mol. The highest BCUT2D eigenvalue weighted by atomic mass is 32.2. The molecule has 1 heterocycles. The standard InChI is InChI=1S/C17H13F2NO3S/c18-17(19)16-14(12-8-6-11(7-9-12)10-24(21)22)15(20-23-16)13-4-2-1-3-5-13/h1-9,17H,10H2,(H,21,22). The van der Waals surface area contributed by atoms with Gasteiger partial charge in [0, 0.05) is 5.56 Å². The van der Waals surface area contributed by atoms with Gasteiger partial charge in [-0.25, -0.2) is 13.0 Å². The summed E-state index contributed by atoms with van der Waals surface area (Å²) in [4.78, 5) is 0. The molecule has 0 saturated carbocycles. The van der Waals surface area contributed by atoms with E-state index in [0.717, 1.165) is 0 Å². The van der Waals surface area contributed by atoms with Crippen molar-refractivity contribution in [2.45, 2.75) is 12.2 Å². The van der Waals surface area contributed by atoms with Crippen molar-refractivity contribution in [3.8, 4) is 22.4 Å². The van der Waals surface area contributed by atoms with E-state index in [4.69, 9.17) is 9.08 Å². The molecule has 0 fully saturated rings. The van der Waals surface area contributed by atoms with Crippen LogP contribution in [-0.2, 0) is 16.8 Å². The van der Waals surface area contributed by atoms with Crippen molar-refractivity contribution in [2.24, 2.45) is 0 Å². The summed E-state index contributed by atoms with van der Waals surface area (Å²) in [5.74, 6) is -0.510. The lowest BCUT2D eigenvalue weighted by molar-refractivity contribution is 0.113. The predicted molar refractivity (Wildman–Crippen MR) is 86.8 cm³/mol. The van der Waals surface area contributed by atoms with Gasteiger partial charge in [-0.15, -0.1) is 0 Å². The van der Waals surface area contributed by atoms with Gasteiger partial charge in [0.2, 0.25) is 5.76 Å². The van der Waals surface area contributed by atoms with Crippen LogP contribution in [0.2, 0.25) is 0 Å². The maximum atomic E-state index is 13.3. The number of rotatable bonds is 5. The largest absolute Gasteiger partial charge is 0.354 e. The van der Waals surface area contributed by atoms with Crippen LogP contribution in [0.5, 0.6) is 0 Å². The zero-order valence-electron chi connectivity index (χ0n) is 12.4. The zero-order chi connectivity index (χ0) is 17.1. The van der Waals surface area contributed by atoms with Crippen LogP contribution in [0.3, 0.4) is 0 Å². The van der Waals surface area contributed by atoms with Crippen LogP contribution in [-0.4, -0.2) is 13.9 Å². The van der Waals surface area contributed by atoms with Crippen LogP contribution in [0.4, 0.5) is 8.78 Å². The van der Waals surface area contributed by atoms with Gasteiger partial charge >= 0.3 is 0 Å². The Kier molecular flexibility index (Phi) is 4.82. The Balaban J connectivity index is 2.08. The van der Waals surface area contributed by atoms with Crippen LogP contribution in [0.25, 0.3) is 22.4 Å². The minimum atomic E-state index is -2.80. The molecule has 0 aliphatic rings. The number of nitrogens with zero attached hydrogens (tertiary/aromatic N) is 1. The van der Waals surface area contributed by atoms with Crippen molar-refractivity contribution in [3.05, 3.63) is 65.9 Å². The molecule has 0 aliphatic heterocycles. The molecule has 1 atom stereocenters. The molecule has 3 aromatic rings. The first-order chi connectivity index (χ1) is 11.6. The number of hydrogen-bond acceptors (Lipinski definition) is 3. The molecule has 0 bridgehead atoms. The van der Waals surface area contributed by atoms with Crippen molar-refractivity contribution >= 4 is 11.1 Å². The molecule has 1 N–H and O–H groups in total. The highest BCUT2D eigenvalue weighted by Crippen LogP contribution is 2.38. The molecule has 24 heavy (non-hydrogen) atoms. The lowest BCUT2D eigenvalue weighted by Crippen LogP contribution is -1.93. The number of alkyl halides is 2. The van der Waals surface area contributed by atoms with E-state index in [1.165, 1.54) is 0 Å². The van der Waals surface area contributed by atoms with E-state index in [2.05, 4.69) is 5.16 Å². The fourth-order valence-electron chi connectivity index (χ4n) is 2.43. The lowest BCUT2D eigenvalue weighted by Gasteiger charge is -2.06. The molecule has 4 nitrogen and oxygen atoms in total. The predicted octanol–water partition coefficient (Wildman–Crippen LogP) is 4.67. The van der Waals surface area contributed by atoms with E-state index in [1.54, 1.807) is 48.5 Å². The molecule has 1 aromatic heterocycles. The van der Waals surface area contributed by atoms with Crippen LogP contribution >= 0.6 is 0 Å². The van der Waals surface area contributed by atoms with E-state index in [1.807, 2.05) is 6.07 Å². The van der Waals surface area contributed by atoms with Crippen LogP contribution in [0, 0.1) is 0 Å². The molecule has 3 rings (SSSR count). The maximum absolute atomic E-state index is 13.3. The van der Waals surface area contributed by atoms with Crippen molar-refractivity contribution in [3.63, 3.8) is 0 Å². The van der Waals surface area contributed by atoms with E-state index in [0.29, 0.717) is 22.4 Å². The minimum Gasteiger partial charge on any atom is -0.354 e. The van der Waals surface area contributed by atoms with Gasteiger partial charge in [0.25, 0.3) is 6.43 Å². The first-order valence-corrected chi connectivity index (χ1v) is 8.33. The van der Waals surface area contributed by atoms with Crippen LogP contribution in [0.15, 0.2) is 59.1 Å². The molecule has 0 amide bonds. The number of hydrogen-bond donors (Lipinski definition) is 1. The summed E-state index contributed by atoms with van der Waals surface area (Å²) >= 11 is -1.96. The smallest absolute Gasteiger partial charge is 0.298 e. The normalized spacial score (nSPS) is 12.5. The highest BCUT2D eigenvalue weighted by molar-refractivity contribution is 7.78. The number of aromatic nitrogens is 1. The average Bonchev–Trinajstić information content (AvgIpc) is 3.01. The quantitative estimate of drug-likeness (QED) is 0.680. The number of halogens is 2. The molecule has 1 unspecified atom stereocenters. The van der Waals surface area contributed by atoms with Gasteiger partial charge in [-0.05, 0) is 11.1 Å². The maximum Gasteiger partial charge on any atom is 0.298 e. The van der Waals surface area contributed by atoms with Gasteiger partial charge in [-0.3, -0.25) is 0 Å². The third-order valence-electron chi connectivity index (χ3n) is 3.50. The molecule has 2 aromatic carbocycles. The van der Waals surface area contributed by atoms with Gasteiger partial charge in [0.1, 0.15) is 5.69 Å². The Morgan fingerprint density at radius 1 is 1.04 bits per heavy atom. The van der Waals surface area contributed by atoms with E-state index in [9.17, 15) is 13.0 Å². The molecular formula is C17H13F2NO3S. The Labute approximate surface area is 139 Å². The van der Waals surface area contributed by atoms with Gasteiger partial charge in [-0.2, -0.15) is 0 Å². The first-order valence-electron chi connectivity index (χ1n) is 7.06. The molecule has 0 saturated heterocycles. The lowest BCUT2D eigenvalue weighted by atomic mass is 9.98. The van der Waals surface area contributed by atoms with Crippen molar-refractivity contribution < 1.29 is 22.1 Å². The van der Waals surface area contributed by atoms with Gasteiger partial charge < -0.3 is 9.08 Å². The molecular weight excluding hydrogens is 336 g/mol. The Hall–Kier alpha value is -2.38. The fraction of sp³-hybridized carbons (Fsp3) is 0.118. The first kappa shape index (κ1) is 16.5. The van der Waals surface area contributed by atoms with Crippen LogP contribution < -0.4 is 0 Å². The van der Waals surface area contributed by atoms with Crippen LogP contribution in [0.1, 0.15) is 17.7 Å². The fourth-order valence-corrected chi connectivity index (χ4v) is 2.91.